The summed E-state index contributed by atoms with van der Waals surface area (Å²) in [7, 11) is 0. The molecule has 0 radical (unpaired) electrons. The highest BCUT2D eigenvalue weighted by Gasteiger charge is 2.30. The van der Waals surface area contributed by atoms with Crippen molar-refractivity contribution in [3.8, 4) is 0 Å². The van der Waals surface area contributed by atoms with Gasteiger partial charge in [-0.15, -0.1) is 0 Å². The van der Waals surface area contributed by atoms with E-state index in [9.17, 15) is 22.8 Å². The van der Waals surface area contributed by atoms with Gasteiger partial charge in [-0.3, -0.25) is 9.59 Å². The highest BCUT2D eigenvalue weighted by Crippen LogP contribution is 2.29. The van der Waals surface area contributed by atoms with Gasteiger partial charge in [0.25, 0.3) is 0 Å². The molecule has 0 spiro atoms. The molecule has 0 aliphatic heterocycles. The minimum absolute atomic E-state index is 0.0109. The molecule has 24 heavy (non-hydrogen) atoms. The number of alkyl halides is 3. The molecule has 122 valence electrons. The van der Waals surface area contributed by atoms with E-state index in [4.69, 9.17) is 0 Å². The molecule has 0 atom stereocenters. The van der Waals surface area contributed by atoms with Crippen molar-refractivity contribution in [2.75, 3.05) is 0 Å². The van der Waals surface area contributed by atoms with Crippen molar-refractivity contribution in [1.82, 2.24) is 5.32 Å². The predicted molar refractivity (Wildman–Crippen MR) is 81.5 cm³/mol. The van der Waals surface area contributed by atoms with E-state index in [1.54, 1.807) is 24.3 Å². The lowest BCUT2D eigenvalue weighted by Crippen LogP contribution is -2.26. The van der Waals surface area contributed by atoms with Gasteiger partial charge in [-0.05, 0) is 17.7 Å². The largest absolute Gasteiger partial charge is 0.416 e. The predicted octanol–water partition coefficient (Wildman–Crippen LogP) is 3.76. The molecular weight excluding hydrogens is 319 g/mol. The molecule has 0 unspecified atom stereocenters. The maximum Gasteiger partial charge on any atom is 0.416 e. The molecule has 0 heterocycles. The van der Waals surface area contributed by atoms with Gasteiger partial charge in [0.1, 0.15) is 0 Å². The third kappa shape index (κ3) is 3.08. The summed E-state index contributed by atoms with van der Waals surface area (Å²) in [5.74, 6) is -0.658. The molecule has 1 aliphatic rings. The van der Waals surface area contributed by atoms with Gasteiger partial charge < -0.3 is 5.32 Å². The van der Waals surface area contributed by atoms with Gasteiger partial charge in [0, 0.05) is 23.7 Å². The smallest absolute Gasteiger partial charge is 0.378 e. The maximum absolute atomic E-state index is 12.7. The lowest BCUT2D eigenvalue weighted by Gasteiger charge is -2.16. The van der Waals surface area contributed by atoms with Crippen LogP contribution in [0.1, 0.15) is 31.8 Å². The van der Waals surface area contributed by atoms with Crippen LogP contribution >= 0.6 is 0 Å². The van der Waals surface area contributed by atoms with E-state index in [1.807, 2.05) is 0 Å². The lowest BCUT2D eigenvalue weighted by molar-refractivity contribution is -0.137. The molecule has 0 aromatic heterocycles. The Kier molecular flexibility index (Phi) is 3.97. The highest BCUT2D eigenvalue weighted by molar-refractivity contribution is 6.24. The van der Waals surface area contributed by atoms with Gasteiger partial charge in [-0.25, -0.2) is 0 Å². The number of fused-ring (bicyclic) bond motifs is 1. The minimum Gasteiger partial charge on any atom is -0.378 e. The van der Waals surface area contributed by atoms with Crippen LogP contribution in [-0.2, 0) is 12.7 Å². The first kappa shape index (κ1) is 16.0. The Morgan fingerprint density at radius 3 is 2.33 bits per heavy atom. The van der Waals surface area contributed by atoms with Crippen molar-refractivity contribution in [2.24, 2.45) is 0 Å². The number of rotatable bonds is 3. The van der Waals surface area contributed by atoms with E-state index in [0.29, 0.717) is 11.1 Å². The van der Waals surface area contributed by atoms with Crippen molar-refractivity contribution in [3.63, 3.8) is 0 Å². The second kappa shape index (κ2) is 5.96. The van der Waals surface area contributed by atoms with Gasteiger partial charge in [-0.2, -0.15) is 13.2 Å². The Bertz CT molecular complexity index is 853. The van der Waals surface area contributed by atoms with Crippen LogP contribution in [-0.4, -0.2) is 11.6 Å². The van der Waals surface area contributed by atoms with Crippen molar-refractivity contribution in [2.45, 2.75) is 12.7 Å². The summed E-state index contributed by atoms with van der Waals surface area (Å²) in [5.41, 5.74) is 0.303. The molecule has 1 aliphatic carbocycles. The van der Waals surface area contributed by atoms with E-state index in [0.717, 1.165) is 12.1 Å². The number of allylic oxidation sites excluding steroid dienone is 2. The minimum atomic E-state index is -4.43. The molecule has 0 bridgehead atoms. The SMILES string of the molecule is O=C1C=C(NCc2cccc(C(F)(F)F)c2)C(=O)c2ccccc21. The van der Waals surface area contributed by atoms with Crippen LogP contribution in [0, 0.1) is 0 Å². The molecule has 6 heteroatoms. The molecule has 3 nitrogen and oxygen atoms in total. The van der Waals surface area contributed by atoms with Crippen molar-refractivity contribution < 1.29 is 22.8 Å². The number of carbonyl (C=O) groups excluding carboxylic acids is 2. The average molecular weight is 331 g/mol. The first-order valence-corrected chi connectivity index (χ1v) is 7.16. The standard InChI is InChI=1S/C18H12F3NO2/c19-18(20,21)12-5-3-4-11(8-12)10-22-15-9-16(23)13-6-1-2-7-14(13)17(15)24/h1-9,22H,10H2. The van der Waals surface area contributed by atoms with E-state index >= 15 is 0 Å². The zero-order valence-corrected chi connectivity index (χ0v) is 12.4. The van der Waals surface area contributed by atoms with E-state index in [-0.39, 0.29) is 29.4 Å². The zero-order chi connectivity index (χ0) is 17.3. The summed E-state index contributed by atoms with van der Waals surface area (Å²) in [4.78, 5) is 24.4. The second-order valence-corrected chi connectivity index (χ2v) is 5.35. The molecule has 0 saturated carbocycles. The lowest BCUT2D eigenvalue weighted by atomic mass is 9.92. The van der Waals surface area contributed by atoms with E-state index in [1.165, 1.54) is 18.2 Å². The highest BCUT2D eigenvalue weighted by atomic mass is 19.4. The van der Waals surface area contributed by atoms with Crippen molar-refractivity contribution in [3.05, 3.63) is 82.6 Å². The third-order valence-electron chi connectivity index (χ3n) is 3.69. The van der Waals surface area contributed by atoms with Crippen LogP contribution in [0.3, 0.4) is 0 Å². The molecule has 0 amide bonds. The van der Waals surface area contributed by atoms with Gasteiger partial charge in [0.2, 0.25) is 5.78 Å². The quantitative estimate of drug-likeness (QED) is 0.931. The topological polar surface area (TPSA) is 46.2 Å². The summed E-state index contributed by atoms with van der Waals surface area (Å²) in [5, 5.41) is 2.76. The number of ketones is 2. The van der Waals surface area contributed by atoms with Crippen molar-refractivity contribution >= 4 is 11.6 Å². The number of halogens is 3. The summed E-state index contributed by atoms with van der Waals surface area (Å²) in [6.45, 7) is 0.0109. The molecular formula is C18H12F3NO2. The average Bonchev–Trinajstić information content (AvgIpc) is 2.56. The molecule has 0 fully saturated rings. The Morgan fingerprint density at radius 1 is 0.917 bits per heavy atom. The molecule has 2 aromatic carbocycles. The summed E-state index contributed by atoms with van der Waals surface area (Å²) in [6, 6.07) is 11.2. The third-order valence-corrected chi connectivity index (χ3v) is 3.69. The summed E-state index contributed by atoms with van der Waals surface area (Å²) in [6.07, 6.45) is -3.25. The summed E-state index contributed by atoms with van der Waals surface area (Å²) >= 11 is 0. The number of Topliss-reactive ketones (excluding diaryl/α,β-unsaturated/α-hetero) is 1. The van der Waals surface area contributed by atoms with Gasteiger partial charge in [0.15, 0.2) is 5.78 Å². The molecule has 0 saturated heterocycles. The number of hydrogen-bond acceptors (Lipinski definition) is 3. The number of benzene rings is 2. The normalized spacial score (nSPS) is 14.2. The summed E-state index contributed by atoms with van der Waals surface area (Å²) < 4.78 is 38.1. The van der Waals surface area contributed by atoms with Crippen LogP contribution in [0.5, 0.6) is 0 Å². The van der Waals surface area contributed by atoms with Gasteiger partial charge in [-0.1, -0.05) is 36.4 Å². The second-order valence-electron chi connectivity index (χ2n) is 5.35. The maximum atomic E-state index is 12.7. The fourth-order valence-corrected chi connectivity index (χ4v) is 2.50. The fourth-order valence-electron chi connectivity index (χ4n) is 2.50. The van der Waals surface area contributed by atoms with E-state index < -0.39 is 11.7 Å². The van der Waals surface area contributed by atoms with Crippen molar-refractivity contribution in [1.29, 1.82) is 0 Å². The first-order chi connectivity index (χ1) is 11.4. The first-order valence-electron chi connectivity index (χ1n) is 7.16. The van der Waals surface area contributed by atoms with Crippen LogP contribution in [0.25, 0.3) is 0 Å². The molecule has 1 N–H and O–H groups in total. The Balaban J connectivity index is 1.79. The van der Waals surface area contributed by atoms with Gasteiger partial charge >= 0.3 is 6.18 Å². The zero-order valence-electron chi connectivity index (χ0n) is 12.4. The molecule has 2 aromatic rings. The van der Waals surface area contributed by atoms with Crippen LogP contribution < -0.4 is 5.32 Å². The van der Waals surface area contributed by atoms with Crippen LogP contribution in [0.15, 0.2) is 60.3 Å². The Labute approximate surface area is 135 Å². The molecule has 3 rings (SSSR count). The van der Waals surface area contributed by atoms with Gasteiger partial charge in [0.05, 0.1) is 11.3 Å². The Hall–Kier alpha value is -2.89. The fraction of sp³-hybridized carbons (Fsp3) is 0.111. The van der Waals surface area contributed by atoms with Crippen LogP contribution in [0.4, 0.5) is 13.2 Å². The number of nitrogens with one attached hydrogen (secondary N) is 1. The monoisotopic (exact) mass is 331 g/mol. The van der Waals surface area contributed by atoms with E-state index in [2.05, 4.69) is 5.32 Å². The Morgan fingerprint density at radius 2 is 1.62 bits per heavy atom. The van der Waals surface area contributed by atoms with Crippen LogP contribution in [0.2, 0.25) is 0 Å². The number of hydrogen-bond donors (Lipinski definition) is 1. The number of carbonyl (C=O) groups is 2.